The van der Waals surface area contributed by atoms with Crippen molar-refractivity contribution in [3.8, 4) is 11.8 Å². The summed E-state index contributed by atoms with van der Waals surface area (Å²) in [6.07, 6.45) is 4.30. The fourth-order valence-corrected chi connectivity index (χ4v) is 0.656. The topological polar surface area (TPSA) is 26.3 Å². The van der Waals surface area contributed by atoms with E-state index < -0.39 is 0 Å². The Morgan fingerprint density at radius 3 is 3.09 bits per heavy atom. The molecular formula is C9H11O2. The molecule has 0 aromatic heterocycles. The minimum absolute atomic E-state index is 0.181. The molecule has 0 aromatic carbocycles. The van der Waals surface area contributed by atoms with Gasteiger partial charge in [0.2, 0.25) is 0 Å². The molecule has 0 aromatic rings. The summed E-state index contributed by atoms with van der Waals surface area (Å²) in [5.74, 6) is 6.28. The van der Waals surface area contributed by atoms with Crippen molar-refractivity contribution in [2.24, 2.45) is 5.92 Å². The molecule has 11 heavy (non-hydrogen) atoms. The smallest absolute Gasteiger partial charge is 0.306 e. The van der Waals surface area contributed by atoms with E-state index >= 15 is 0 Å². The first-order chi connectivity index (χ1) is 5.33. The number of hydrogen-bond acceptors (Lipinski definition) is 2. The van der Waals surface area contributed by atoms with Gasteiger partial charge in [-0.05, 0) is 12.8 Å². The molecule has 1 aliphatic carbocycles. The Hall–Kier alpha value is -0.970. The number of ether oxygens (including phenoxy) is 1. The molecule has 2 nitrogen and oxygen atoms in total. The zero-order chi connectivity index (χ0) is 8.10. The first-order valence-corrected chi connectivity index (χ1v) is 3.71. The van der Waals surface area contributed by atoms with E-state index in [1.807, 2.05) is 0 Å². The summed E-state index contributed by atoms with van der Waals surface area (Å²) in [6, 6.07) is 0. The highest BCUT2D eigenvalue weighted by Gasteiger charge is 2.18. The Morgan fingerprint density at radius 2 is 2.55 bits per heavy atom. The van der Waals surface area contributed by atoms with Crippen molar-refractivity contribution >= 4 is 5.97 Å². The molecule has 0 bridgehead atoms. The van der Waals surface area contributed by atoms with Gasteiger partial charge < -0.3 is 4.74 Å². The highest BCUT2D eigenvalue weighted by molar-refractivity contribution is 5.69. The van der Waals surface area contributed by atoms with Gasteiger partial charge in [0.25, 0.3) is 0 Å². The number of hydrogen-bond donors (Lipinski definition) is 0. The van der Waals surface area contributed by atoms with Crippen LogP contribution in [0.5, 0.6) is 0 Å². The highest BCUT2D eigenvalue weighted by atomic mass is 16.5. The van der Waals surface area contributed by atoms with Gasteiger partial charge >= 0.3 is 5.97 Å². The van der Waals surface area contributed by atoms with Crippen LogP contribution in [0.1, 0.15) is 19.3 Å². The number of rotatable bonds is 2. The van der Waals surface area contributed by atoms with Gasteiger partial charge in [0.05, 0.1) is 13.5 Å². The minimum atomic E-state index is -0.181. The Bertz CT molecular complexity index is 193. The van der Waals surface area contributed by atoms with Gasteiger partial charge in [-0.15, -0.1) is 5.92 Å². The molecule has 1 fully saturated rings. The van der Waals surface area contributed by atoms with Crippen LogP contribution in [-0.2, 0) is 9.53 Å². The van der Waals surface area contributed by atoms with Crippen LogP contribution in [0.15, 0.2) is 0 Å². The number of esters is 1. The van der Waals surface area contributed by atoms with E-state index in [4.69, 9.17) is 0 Å². The lowest BCUT2D eigenvalue weighted by Gasteiger charge is -1.91. The van der Waals surface area contributed by atoms with Gasteiger partial charge in [-0.1, -0.05) is 5.92 Å². The molecule has 0 spiro atoms. The minimum Gasteiger partial charge on any atom is -0.469 e. The summed E-state index contributed by atoms with van der Waals surface area (Å²) in [4.78, 5) is 10.6. The Morgan fingerprint density at radius 1 is 1.82 bits per heavy atom. The van der Waals surface area contributed by atoms with Crippen LogP contribution in [0.4, 0.5) is 0 Å². The molecule has 0 amide bonds. The number of methoxy groups -OCH3 is 1. The molecule has 1 aliphatic rings. The summed E-state index contributed by atoms with van der Waals surface area (Å²) in [5, 5.41) is 0. The lowest BCUT2D eigenvalue weighted by atomic mass is 10.3. The van der Waals surface area contributed by atoms with Gasteiger partial charge in [0.1, 0.15) is 0 Å². The number of carbonyl (C=O) groups is 1. The maximum absolute atomic E-state index is 10.6. The SMILES string of the molecule is COC(=O)CCC#CC1[CH]C1. The van der Waals surface area contributed by atoms with Crippen molar-refractivity contribution in [1.29, 1.82) is 0 Å². The fourth-order valence-electron chi connectivity index (χ4n) is 0.656. The van der Waals surface area contributed by atoms with E-state index in [1.54, 1.807) is 0 Å². The second-order valence-corrected chi connectivity index (χ2v) is 2.48. The third-order valence-corrected chi connectivity index (χ3v) is 1.44. The first kappa shape index (κ1) is 8.13. The molecule has 1 unspecified atom stereocenters. The van der Waals surface area contributed by atoms with Crippen LogP contribution in [-0.4, -0.2) is 13.1 Å². The Labute approximate surface area is 66.9 Å². The van der Waals surface area contributed by atoms with Gasteiger partial charge in [-0.25, -0.2) is 0 Å². The molecule has 0 N–H and O–H groups in total. The first-order valence-electron chi connectivity index (χ1n) is 3.71. The van der Waals surface area contributed by atoms with Gasteiger partial charge in [-0.2, -0.15) is 0 Å². The van der Waals surface area contributed by atoms with E-state index in [9.17, 15) is 4.79 Å². The van der Waals surface area contributed by atoms with E-state index in [0.29, 0.717) is 18.8 Å². The predicted octanol–water partition coefficient (Wildman–Crippen LogP) is 1.17. The maximum atomic E-state index is 10.6. The zero-order valence-corrected chi connectivity index (χ0v) is 6.59. The molecule has 1 rings (SSSR count). The van der Waals surface area contributed by atoms with Crippen molar-refractivity contribution in [3.63, 3.8) is 0 Å². The predicted molar refractivity (Wildman–Crippen MR) is 41.4 cm³/mol. The van der Waals surface area contributed by atoms with Gasteiger partial charge in [0, 0.05) is 12.3 Å². The molecule has 2 heteroatoms. The Kier molecular flexibility index (Phi) is 2.97. The summed E-state index contributed by atoms with van der Waals surface area (Å²) in [5.41, 5.74) is 0. The molecule has 1 radical (unpaired) electrons. The van der Waals surface area contributed by atoms with E-state index in [1.165, 1.54) is 7.11 Å². The monoisotopic (exact) mass is 151 g/mol. The standard InChI is InChI=1S/C9H11O2/c1-11-9(10)5-3-2-4-8-6-7-8/h6,8H,3,5,7H2,1H3. The summed E-state index contributed by atoms with van der Waals surface area (Å²) < 4.78 is 4.46. The average molecular weight is 151 g/mol. The lowest BCUT2D eigenvalue weighted by Crippen LogP contribution is -1.98. The molecular weight excluding hydrogens is 140 g/mol. The second-order valence-electron chi connectivity index (χ2n) is 2.48. The van der Waals surface area contributed by atoms with E-state index in [-0.39, 0.29) is 5.97 Å². The third kappa shape index (κ3) is 3.67. The van der Waals surface area contributed by atoms with Crippen molar-refractivity contribution < 1.29 is 9.53 Å². The quantitative estimate of drug-likeness (QED) is 0.437. The molecule has 0 heterocycles. The molecule has 1 atom stereocenters. The molecule has 0 saturated heterocycles. The fraction of sp³-hybridized carbons (Fsp3) is 0.556. The van der Waals surface area contributed by atoms with Gasteiger partial charge in [0.15, 0.2) is 0 Å². The normalized spacial score (nSPS) is 15.0. The van der Waals surface area contributed by atoms with Crippen LogP contribution in [0.3, 0.4) is 0 Å². The third-order valence-electron chi connectivity index (χ3n) is 1.44. The zero-order valence-electron chi connectivity index (χ0n) is 6.59. The average Bonchev–Trinajstić information content (AvgIpc) is 2.81. The van der Waals surface area contributed by atoms with Crippen molar-refractivity contribution in [2.75, 3.05) is 7.11 Å². The summed E-state index contributed by atoms with van der Waals surface area (Å²) in [6.45, 7) is 0. The van der Waals surface area contributed by atoms with E-state index in [0.717, 1.165) is 6.42 Å². The summed E-state index contributed by atoms with van der Waals surface area (Å²) >= 11 is 0. The molecule has 59 valence electrons. The van der Waals surface area contributed by atoms with Crippen LogP contribution in [0.25, 0.3) is 0 Å². The molecule has 1 saturated carbocycles. The Balaban J connectivity index is 2.03. The van der Waals surface area contributed by atoms with Crippen LogP contribution in [0, 0.1) is 24.2 Å². The van der Waals surface area contributed by atoms with Crippen LogP contribution < -0.4 is 0 Å². The van der Waals surface area contributed by atoms with E-state index in [2.05, 4.69) is 23.0 Å². The second kappa shape index (κ2) is 4.02. The highest BCUT2D eigenvalue weighted by Crippen LogP contribution is 2.25. The van der Waals surface area contributed by atoms with Crippen LogP contribution in [0.2, 0.25) is 0 Å². The van der Waals surface area contributed by atoms with Gasteiger partial charge in [-0.3, -0.25) is 4.79 Å². The lowest BCUT2D eigenvalue weighted by molar-refractivity contribution is -0.140. The van der Waals surface area contributed by atoms with Crippen LogP contribution >= 0.6 is 0 Å². The summed E-state index contributed by atoms with van der Waals surface area (Å²) in [7, 11) is 1.39. The number of carbonyl (C=O) groups excluding carboxylic acids is 1. The van der Waals surface area contributed by atoms with Crippen molar-refractivity contribution in [2.45, 2.75) is 19.3 Å². The largest absolute Gasteiger partial charge is 0.469 e. The van der Waals surface area contributed by atoms with Crippen molar-refractivity contribution in [1.82, 2.24) is 0 Å². The van der Waals surface area contributed by atoms with Crippen molar-refractivity contribution in [3.05, 3.63) is 6.42 Å². The molecule has 0 aliphatic heterocycles. The maximum Gasteiger partial charge on any atom is 0.306 e.